The highest BCUT2D eigenvalue weighted by Crippen LogP contribution is 2.26. The van der Waals surface area contributed by atoms with Crippen molar-refractivity contribution in [2.45, 2.75) is 11.3 Å². The molecule has 0 aliphatic carbocycles. The molecule has 0 bridgehead atoms. The number of benzene rings is 2. The summed E-state index contributed by atoms with van der Waals surface area (Å²) in [4.78, 5) is 0. The van der Waals surface area contributed by atoms with Gasteiger partial charge in [-0.15, -0.1) is 10.2 Å². The molecule has 1 heterocycles. The summed E-state index contributed by atoms with van der Waals surface area (Å²) in [6, 6.07) is 18.9. The smallest absolute Gasteiger partial charge is 0.191 e. The summed E-state index contributed by atoms with van der Waals surface area (Å²) in [5.74, 6) is 1.26. The Bertz CT molecular complexity index is 853. The number of rotatable bonds is 5. The third-order valence-electron chi connectivity index (χ3n) is 3.66. The number of aliphatic hydroxyl groups is 1. The monoisotopic (exact) mass is 336 g/mol. The molecule has 0 amide bonds. The van der Waals surface area contributed by atoms with Crippen molar-refractivity contribution in [1.82, 2.24) is 14.8 Å². The lowest BCUT2D eigenvalue weighted by Gasteiger charge is -2.10. The van der Waals surface area contributed by atoms with Gasteiger partial charge in [0.2, 0.25) is 0 Å². The van der Waals surface area contributed by atoms with Gasteiger partial charge in [0, 0.05) is 18.4 Å². The van der Waals surface area contributed by atoms with Crippen molar-refractivity contribution in [2.75, 3.05) is 5.75 Å². The lowest BCUT2D eigenvalue weighted by atomic mass is 10.1. The average Bonchev–Trinajstić information content (AvgIpc) is 3.01. The Kier molecular flexibility index (Phi) is 4.94. The molecule has 0 aliphatic heterocycles. The van der Waals surface area contributed by atoms with E-state index in [0.29, 0.717) is 11.3 Å². The highest BCUT2D eigenvalue weighted by atomic mass is 32.2. The van der Waals surface area contributed by atoms with Gasteiger partial charge in [0.15, 0.2) is 11.0 Å². The Labute approximate surface area is 144 Å². The molecule has 24 heavy (non-hydrogen) atoms. The second kappa shape index (κ2) is 7.30. The fraction of sp³-hybridized carbons (Fsp3) is 0.167. The molecule has 5 nitrogen and oxygen atoms in total. The molecule has 0 saturated heterocycles. The first-order valence-corrected chi connectivity index (χ1v) is 8.43. The first-order valence-electron chi connectivity index (χ1n) is 7.45. The van der Waals surface area contributed by atoms with Crippen LogP contribution in [0.1, 0.15) is 17.2 Å². The Morgan fingerprint density at radius 1 is 1.12 bits per heavy atom. The molecule has 0 saturated carbocycles. The minimum Gasteiger partial charge on any atom is -0.388 e. The summed E-state index contributed by atoms with van der Waals surface area (Å²) in [5, 5.41) is 28.3. The van der Waals surface area contributed by atoms with Crippen molar-refractivity contribution >= 4 is 11.8 Å². The summed E-state index contributed by atoms with van der Waals surface area (Å²) in [6.45, 7) is 0. The predicted molar refractivity (Wildman–Crippen MR) is 93.3 cm³/mol. The van der Waals surface area contributed by atoms with Crippen molar-refractivity contribution in [3.05, 3.63) is 65.7 Å². The standard InChI is InChI=1S/C18H16N4OS/c1-22-17(15-5-3-2-4-6-15)20-21-18(22)24-12-16(23)14-9-7-13(11-19)8-10-14/h2-10,16,23H,12H2,1H3. The zero-order valence-corrected chi connectivity index (χ0v) is 13.9. The van der Waals surface area contributed by atoms with Crippen LogP contribution in [0.2, 0.25) is 0 Å². The quantitative estimate of drug-likeness (QED) is 0.724. The zero-order chi connectivity index (χ0) is 16.9. The van der Waals surface area contributed by atoms with Crippen LogP contribution in [0.25, 0.3) is 11.4 Å². The molecule has 0 radical (unpaired) electrons. The van der Waals surface area contributed by atoms with Gasteiger partial charge in [-0.2, -0.15) is 5.26 Å². The third-order valence-corrected chi connectivity index (χ3v) is 4.76. The minimum atomic E-state index is -0.625. The first kappa shape index (κ1) is 16.2. The van der Waals surface area contributed by atoms with Gasteiger partial charge >= 0.3 is 0 Å². The van der Waals surface area contributed by atoms with Gasteiger partial charge in [-0.1, -0.05) is 54.2 Å². The molecular formula is C18H16N4OS. The lowest BCUT2D eigenvalue weighted by Crippen LogP contribution is -2.02. The van der Waals surface area contributed by atoms with Gasteiger partial charge in [-0.25, -0.2) is 0 Å². The maximum atomic E-state index is 10.3. The fourth-order valence-electron chi connectivity index (χ4n) is 2.31. The molecule has 0 fully saturated rings. The van der Waals surface area contributed by atoms with Gasteiger partial charge in [0.05, 0.1) is 17.7 Å². The van der Waals surface area contributed by atoms with Crippen molar-refractivity contribution in [1.29, 1.82) is 5.26 Å². The molecule has 0 aliphatic rings. The highest BCUT2D eigenvalue weighted by Gasteiger charge is 2.14. The van der Waals surface area contributed by atoms with Crippen LogP contribution in [-0.4, -0.2) is 25.6 Å². The highest BCUT2D eigenvalue weighted by molar-refractivity contribution is 7.99. The molecule has 6 heteroatoms. The molecule has 1 aromatic heterocycles. The number of nitrogens with zero attached hydrogens (tertiary/aromatic N) is 4. The van der Waals surface area contributed by atoms with E-state index in [2.05, 4.69) is 16.3 Å². The molecule has 2 aromatic carbocycles. The number of hydrogen-bond acceptors (Lipinski definition) is 5. The van der Waals surface area contributed by atoms with Crippen molar-refractivity contribution < 1.29 is 5.11 Å². The van der Waals surface area contributed by atoms with Crippen LogP contribution in [0.5, 0.6) is 0 Å². The number of aromatic nitrogens is 3. The van der Waals surface area contributed by atoms with Crippen LogP contribution in [0.4, 0.5) is 0 Å². The van der Waals surface area contributed by atoms with Gasteiger partial charge in [-0.05, 0) is 17.7 Å². The van der Waals surface area contributed by atoms with E-state index in [0.717, 1.165) is 22.1 Å². The molecular weight excluding hydrogens is 320 g/mol. The van der Waals surface area contributed by atoms with Gasteiger partial charge in [-0.3, -0.25) is 0 Å². The Morgan fingerprint density at radius 2 is 1.83 bits per heavy atom. The largest absolute Gasteiger partial charge is 0.388 e. The Balaban J connectivity index is 1.68. The summed E-state index contributed by atoms with van der Waals surface area (Å²) >= 11 is 1.45. The number of aliphatic hydroxyl groups excluding tert-OH is 1. The molecule has 0 spiro atoms. The maximum Gasteiger partial charge on any atom is 0.191 e. The van der Waals surface area contributed by atoms with Gasteiger partial charge in [0.1, 0.15) is 0 Å². The third kappa shape index (κ3) is 3.48. The molecule has 3 aromatic rings. The van der Waals surface area contributed by atoms with Crippen LogP contribution in [-0.2, 0) is 7.05 Å². The van der Waals surface area contributed by atoms with Crippen molar-refractivity contribution in [2.24, 2.45) is 7.05 Å². The fourth-order valence-corrected chi connectivity index (χ4v) is 3.19. The average molecular weight is 336 g/mol. The first-order chi connectivity index (χ1) is 11.7. The van der Waals surface area contributed by atoms with Crippen molar-refractivity contribution in [3.63, 3.8) is 0 Å². The lowest BCUT2D eigenvalue weighted by molar-refractivity contribution is 0.204. The van der Waals surface area contributed by atoms with E-state index in [1.807, 2.05) is 41.9 Å². The van der Waals surface area contributed by atoms with Gasteiger partial charge in [0.25, 0.3) is 0 Å². The summed E-state index contributed by atoms with van der Waals surface area (Å²) in [7, 11) is 1.92. The van der Waals surface area contributed by atoms with Crippen LogP contribution in [0, 0.1) is 11.3 Å². The van der Waals surface area contributed by atoms with Crippen LogP contribution >= 0.6 is 11.8 Å². The number of nitriles is 1. The number of thioether (sulfide) groups is 1. The topological polar surface area (TPSA) is 74.7 Å². The predicted octanol–water partition coefficient (Wildman–Crippen LogP) is 3.18. The molecule has 1 unspecified atom stereocenters. The van der Waals surface area contributed by atoms with Crippen LogP contribution in [0.3, 0.4) is 0 Å². The normalized spacial score (nSPS) is 11.9. The molecule has 1 N–H and O–H groups in total. The maximum absolute atomic E-state index is 10.3. The minimum absolute atomic E-state index is 0.465. The van der Waals surface area contributed by atoms with E-state index in [9.17, 15) is 5.11 Å². The summed E-state index contributed by atoms with van der Waals surface area (Å²) in [5.41, 5.74) is 2.37. The summed E-state index contributed by atoms with van der Waals surface area (Å²) in [6.07, 6.45) is -0.625. The number of hydrogen-bond donors (Lipinski definition) is 1. The van der Waals surface area contributed by atoms with E-state index < -0.39 is 6.10 Å². The van der Waals surface area contributed by atoms with E-state index in [-0.39, 0.29) is 0 Å². The van der Waals surface area contributed by atoms with Crippen molar-refractivity contribution in [3.8, 4) is 17.5 Å². The zero-order valence-electron chi connectivity index (χ0n) is 13.1. The Hall–Kier alpha value is -2.62. The Morgan fingerprint density at radius 3 is 2.50 bits per heavy atom. The van der Waals surface area contributed by atoms with Gasteiger partial charge < -0.3 is 9.67 Å². The molecule has 1 atom stereocenters. The van der Waals surface area contributed by atoms with Crippen LogP contribution in [0.15, 0.2) is 59.8 Å². The van der Waals surface area contributed by atoms with E-state index in [1.165, 1.54) is 11.8 Å². The molecule has 120 valence electrons. The molecule has 3 rings (SSSR count). The van der Waals surface area contributed by atoms with E-state index >= 15 is 0 Å². The van der Waals surface area contributed by atoms with E-state index in [1.54, 1.807) is 24.3 Å². The summed E-state index contributed by atoms with van der Waals surface area (Å²) < 4.78 is 1.92. The van der Waals surface area contributed by atoms with E-state index in [4.69, 9.17) is 5.26 Å². The van der Waals surface area contributed by atoms with Crippen LogP contribution < -0.4 is 0 Å². The SMILES string of the molecule is Cn1c(SCC(O)c2ccc(C#N)cc2)nnc1-c1ccccc1. The second-order valence-electron chi connectivity index (χ2n) is 5.29. The second-order valence-corrected chi connectivity index (χ2v) is 6.28.